The quantitative estimate of drug-likeness (QED) is 0.574. The Morgan fingerprint density at radius 2 is 1.80 bits per heavy atom. The van der Waals surface area contributed by atoms with Crippen molar-refractivity contribution in [1.29, 1.82) is 0 Å². The van der Waals surface area contributed by atoms with E-state index in [0.717, 1.165) is 19.3 Å². The van der Waals surface area contributed by atoms with Crippen LogP contribution in [-0.2, 0) is 36.1 Å². The van der Waals surface area contributed by atoms with Crippen LogP contribution in [0.15, 0.2) is 68.9 Å². The summed E-state index contributed by atoms with van der Waals surface area (Å²) in [4.78, 5) is 14.7. The van der Waals surface area contributed by atoms with Gasteiger partial charge in [0.25, 0.3) is 0 Å². The molecule has 0 amide bonds. The van der Waals surface area contributed by atoms with Gasteiger partial charge in [0.15, 0.2) is 9.84 Å². The SMILES string of the molecule is CS(=O)(=O)c1ccc(COc2coc(CN3Cc4ccccc4C3)cc2=O)c(Cl)c1. The molecular weight excluding hydrogens is 426 g/mol. The van der Waals surface area contributed by atoms with Gasteiger partial charge >= 0.3 is 0 Å². The highest BCUT2D eigenvalue weighted by atomic mass is 35.5. The molecule has 8 heteroatoms. The average molecular weight is 446 g/mol. The number of hydrogen-bond acceptors (Lipinski definition) is 6. The van der Waals surface area contributed by atoms with Gasteiger partial charge in [-0.15, -0.1) is 0 Å². The number of rotatable bonds is 6. The Hall–Kier alpha value is -2.61. The molecule has 4 rings (SSSR count). The summed E-state index contributed by atoms with van der Waals surface area (Å²) in [6.45, 7) is 2.19. The van der Waals surface area contributed by atoms with Crippen LogP contribution in [0.2, 0.25) is 5.02 Å². The van der Waals surface area contributed by atoms with Crippen LogP contribution in [0.25, 0.3) is 0 Å². The number of ether oxygens (including phenoxy) is 1. The van der Waals surface area contributed by atoms with Crippen molar-refractivity contribution in [3.8, 4) is 5.75 Å². The summed E-state index contributed by atoms with van der Waals surface area (Å²) < 4.78 is 34.3. The van der Waals surface area contributed by atoms with Gasteiger partial charge in [-0.1, -0.05) is 41.9 Å². The zero-order valence-electron chi connectivity index (χ0n) is 16.3. The van der Waals surface area contributed by atoms with E-state index in [9.17, 15) is 13.2 Å². The number of fused-ring (bicyclic) bond motifs is 1. The van der Waals surface area contributed by atoms with Crippen molar-refractivity contribution in [2.24, 2.45) is 0 Å². The number of nitrogens with zero attached hydrogens (tertiary/aromatic N) is 1. The molecule has 0 radical (unpaired) electrons. The van der Waals surface area contributed by atoms with Gasteiger partial charge in [-0.05, 0) is 23.3 Å². The lowest BCUT2D eigenvalue weighted by Crippen LogP contribution is -2.17. The molecule has 30 heavy (non-hydrogen) atoms. The molecule has 2 heterocycles. The minimum absolute atomic E-state index is 0.0222. The van der Waals surface area contributed by atoms with Crippen LogP contribution in [0.1, 0.15) is 22.5 Å². The maximum Gasteiger partial charge on any atom is 0.227 e. The molecule has 0 aliphatic carbocycles. The summed E-state index contributed by atoms with van der Waals surface area (Å²) in [5.41, 5.74) is 2.87. The van der Waals surface area contributed by atoms with Crippen LogP contribution in [0.4, 0.5) is 0 Å². The molecule has 156 valence electrons. The molecule has 0 fully saturated rings. The maximum absolute atomic E-state index is 12.4. The summed E-state index contributed by atoms with van der Waals surface area (Å²) in [6.07, 6.45) is 2.42. The van der Waals surface area contributed by atoms with Crippen molar-refractivity contribution in [3.63, 3.8) is 0 Å². The molecule has 0 saturated heterocycles. The van der Waals surface area contributed by atoms with E-state index in [1.165, 1.54) is 35.6 Å². The van der Waals surface area contributed by atoms with Crippen molar-refractivity contribution in [1.82, 2.24) is 4.90 Å². The van der Waals surface area contributed by atoms with E-state index < -0.39 is 9.84 Å². The lowest BCUT2D eigenvalue weighted by Gasteiger charge is -2.14. The van der Waals surface area contributed by atoms with Crippen LogP contribution in [-0.4, -0.2) is 19.6 Å². The molecule has 0 unspecified atom stereocenters. The van der Waals surface area contributed by atoms with Gasteiger partial charge in [-0.3, -0.25) is 9.69 Å². The molecule has 1 aromatic heterocycles. The van der Waals surface area contributed by atoms with Crippen LogP contribution in [0.5, 0.6) is 5.75 Å². The van der Waals surface area contributed by atoms with E-state index >= 15 is 0 Å². The predicted molar refractivity (Wildman–Crippen MR) is 113 cm³/mol. The first-order valence-corrected chi connectivity index (χ1v) is 11.6. The second kappa shape index (κ2) is 8.26. The smallest absolute Gasteiger partial charge is 0.227 e. The topological polar surface area (TPSA) is 76.8 Å². The zero-order chi connectivity index (χ0) is 21.3. The Kier molecular flexibility index (Phi) is 5.69. The van der Waals surface area contributed by atoms with Gasteiger partial charge in [0.05, 0.1) is 11.4 Å². The molecule has 1 aliphatic heterocycles. The van der Waals surface area contributed by atoms with Crippen LogP contribution < -0.4 is 10.2 Å². The first-order chi connectivity index (χ1) is 14.3. The summed E-state index contributed by atoms with van der Waals surface area (Å²) in [6, 6.07) is 14.1. The van der Waals surface area contributed by atoms with E-state index in [4.69, 9.17) is 20.8 Å². The van der Waals surface area contributed by atoms with Crippen molar-refractivity contribution >= 4 is 21.4 Å². The van der Waals surface area contributed by atoms with Crippen LogP contribution >= 0.6 is 11.6 Å². The molecule has 0 atom stereocenters. The average Bonchev–Trinajstić information content (AvgIpc) is 3.09. The summed E-state index contributed by atoms with van der Waals surface area (Å²) >= 11 is 6.15. The van der Waals surface area contributed by atoms with E-state index in [1.54, 1.807) is 6.07 Å². The third-order valence-electron chi connectivity index (χ3n) is 4.97. The van der Waals surface area contributed by atoms with Gasteiger partial charge in [0.1, 0.15) is 18.6 Å². The van der Waals surface area contributed by atoms with Gasteiger partial charge in [-0.25, -0.2) is 8.42 Å². The number of sulfone groups is 1. The molecule has 6 nitrogen and oxygen atoms in total. The Morgan fingerprint density at radius 3 is 2.40 bits per heavy atom. The second-order valence-corrected chi connectivity index (χ2v) is 9.73. The van der Waals surface area contributed by atoms with Crippen molar-refractivity contribution in [2.75, 3.05) is 6.26 Å². The lowest BCUT2D eigenvalue weighted by molar-refractivity contribution is 0.241. The molecule has 0 saturated carbocycles. The summed E-state index contributed by atoms with van der Waals surface area (Å²) in [7, 11) is -3.34. The van der Waals surface area contributed by atoms with Crippen molar-refractivity contribution in [3.05, 3.63) is 92.5 Å². The first-order valence-electron chi connectivity index (χ1n) is 9.32. The van der Waals surface area contributed by atoms with Gasteiger partial charge in [0, 0.05) is 36.0 Å². The highest BCUT2D eigenvalue weighted by Crippen LogP contribution is 2.25. The van der Waals surface area contributed by atoms with Crippen LogP contribution in [0.3, 0.4) is 0 Å². The normalized spacial score (nSPS) is 13.9. The van der Waals surface area contributed by atoms with Crippen molar-refractivity contribution < 1.29 is 17.6 Å². The van der Waals surface area contributed by atoms with Crippen molar-refractivity contribution in [2.45, 2.75) is 31.1 Å². The Morgan fingerprint density at radius 1 is 1.10 bits per heavy atom. The predicted octanol–water partition coefficient (Wildman–Crippen LogP) is 3.79. The molecule has 0 N–H and O–H groups in total. The fraction of sp³-hybridized carbons (Fsp3) is 0.227. The maximum atomic E-state index is 12.4. The van der Waals surface area contributed by atoms with Gasteiger partial charge in [0.2, 0.25) is 11.2 Å². The van der Waals surface area contributed by atoms with E-state index in [-0.39, 0.29) is 27.7 Å². The van der Waals surface area contributed by atoms with Gasteiger partial charge in [-0.2, -0.15) is 0 Å². The summed E-state index contributed by atoms with van der Waals surface area (Å²) in [5, 5.41) is 0.257. The van der Waals surface area contributed by atoms with Crippen LogP contribution in [0, 0.1) is 0 Å². The molecule has 2 aromatic carbocycles. The third kappa shape index (κ3) is 4.59. The Bertz CT molecular complexity index is 1230. The largest absolute Gasteiger partial charge is 0.482 e. The van der Waals surface area contributed by atoms with Gasteiger partial charge < -0.3 is 9.15 Å². The van der Waals surface area contributed by atoms with E-state index in [0.29, 0.717) is 17.9 Å². The molecule has 1 aliphatic rings. The zero-order valence-corrected chi connectivity index (χ0v) is 17.9. The Balaban J connectivity index is 1.40. The monoisotopic (exact) mass is 445 g/mol. The first kappa shape index (κ1) is 20.7. The highest BCUT2D eigenvalue weighted by Gasteiger charge is 2.19. The molecule has 0 spiro atoms. The molecular formula is C22H20ClNO5S. The number of benzene rings is 2. The fourth-order valence-electron chi connectivity index (χ4n) is 3.39. The standard InChI is InChI=1S/C22H20ClNO5S/c1-30(26,27)19-7-6-17(20(23)9-19)13-29-22-14-28-18(8-21(22)25)12-24-10-15-4-2-3-5-16(15)11-24/h2-9,14H,10-13H2,1H3. The lowest BCUT2D eigenvalue weighted by atomic mass is 10.1. The van der Waals surface area contributed by atoms with E-state index in [1.807, 2.05) is 12.1 Å². The minimum Gasteiger partial charge on any atom is -0.482 e. The third-order valence-corrected chi connectivity index (χ3v) is 6.44. The Labute approximate surface area is 179 Å². The number of halogens is 1. The number of hydrogen-bond donors (Lipinski definition) is 0. The summed E-state index contributed by atoms with van der Waals surface area (Å²) in [5.74, 6) is 0.641. The second-order valence-electron chi connectivity index (χ2n) is 7.30. The van der Waals surface area contributed by atoms with E-state index in [2.05, 4.69) is 17.0 Å². The fourth-order valence-corrected chi connectivity index (χ4v) is 4.34. The molecule has 3 aromatic rings. The molecule has 0 bridgehead atoms. The highest BCUT2D eigenvalue weighted by molar-refractivity contribution is 7.90. The minimum atomic E-state index is -3.34.